The zero-order valence-electron chi connectivity index (χ0n) is 16.0. The maximum atomic E-state index is 12.3. The number of carbonyl (C=O) groups excluding carboxylic acids is 4. The maximum absolute atomic E-state index is 12.3. The minimum absolute atomic E-state index is 0.0191. The highest BCUT2D eigenvalue weighted by atomic mass is 16.5. The quantitative estimate of drug-likeness (QED) is 0.567. The van der Waals surface area contributed by atoms with Crippen LogP contribution in [0.2, 0.25) is 0 Å². The van der Waals surface area contributed by atoms with Crippen molar-refractivity contribution in [2.75, 3.05) is 6.61 Å². The Balaban J connectivity index is 1.87. The van der Waals surface area contributed by atoms with Gasteiger partial charge in [-0.05, 0) is 33.3 Å². The summed E-state index contributed by atoms with van der Waals surface area (Å²) in [5.41, 5.74) is 3.49. The molecule has 0 unspecified atom stereocenters. The molecule has 6 nitrogen and oxygen atoms in total. The molecule has 0 amide bonds. The summed E-state index contributed by atoms with van der Waals surface area (Å²) in [7, 11) is 0. The lowest BCUT2D eigenvalue weighted by Crippen LogP contribution is -2.16. The van der Waals surface area contributed by atoms with E-state index in [1.165, 1.54) is 6.92 Å². The van der Waals surface area contributed by atoms with Gasteiger partial charge in [-0.1, -0.05) is 29.8 Å². The first-order valence-corrected chi connectivity index (χ1v) is 8.69. The van der Waals surface area contributed by atoms with Gasteiger partial charge in [-0.2, -0.15) is 0 Å². The van der Waals surface area contributed by atoms with Crippen molar-refractivity contribution in [2.45, 2.75) is 40.5 Å². The Bertz CT molecular complexity index is 890. The van der Waals surface area contributed by atoms with Gasteiger partial charge >= 0.3 is 5.97 Å². The first-order chi connectivity index (χ1) is 12.7. The molecule has 1 aromatic carbocycles. The Kier molecular flexibility index (Phi) is 6.45. The van der Waals surface area contributed by atoms with Crippen molar-refractivity contribution in [1.82, 2.24) is 4.98 Å². The highest BCUT2D eigenvalue weighted by Gasteiger charge is 2.21. The van der Waals surface area contributed by atoms with Crippen molar-refractivity contribution in [2.24, 2.45) is 0 Å². The zero-order chi connectivity index (χ0) is 20.1. The number of benzene rings is 1. The number of aromatic amines is 1. The summed E-state index contributed by atoms with van der Waals surface area (Å²) in [6.07, 6.45) is -0.0768. The Morgan fingerprint density at radius 3 is 2.11 bits per heavy atom. The highest BCUT2D eigenvalue weighted by molar-refractivity contribution is 6.04. The number of esters is 1. The minimum Gasteiger partial charge on any atom is -0.457 e. The monoisotopic (exact) mass is 369 g/mol. The van der Waals surface area contributed by atoms with Crippen molar-refractivity contribution in [3.63, 3.8) is 0 Å². The second-order valence-electron chi connectivity index (χ2n) is 6.55. The second kappa shape index (κ2) is 8.58. The molecule has 2 rings (SSSR count). The fourth-order valence-corrected chi connectivity index (χ4v) is 2.95. The number of aromatic nitrogens is 1. The maximum Gasteiger partial charge on any atom is 0.306 e. The standard InChI is InChI=1S/C21H23NO5/c1-12-5-7-16(8-6-12)17(24)9-10-19(26)27-11-18(25)21-13(2)20(15(4)23)14(3)22-21/h5-8,22H,9-11H2,1-4H3. The van der Waals surface area contributed by atoms with Crippen LogP contribution >= 0.6 is 0 Å². The summed E-state index contributed by atoms with van der Waals surface area (Å²) in [4.78, 5) is 50.7. The molecule has 0 atom stereocenters. The van der Waals surface area contributed by atoms with E-state index < -0.39 is 18.4 Å². The van der Waals surface area contributed by atoms with Crippen LogP contribution in [0.15, 0.2) is 24.3 Å². The lowest BCUT2D eigenvalue weighted by molar-refractivity contribution is -0.142. The van der Waals surface area contributed by atoms with Crippen molar-refractivity contribution in [1.29, 1.82) is 0 Å². The van der Waals surface area contributed by atoms with Crippen LogP contribution in [0.1, 0.15) is 67.8 Å². The molecule has 0 spiro atoms. The lowest BCUT2D eigenvalue weighted by atomic mass is 10.1. The Morgan fingerprint density at radius 1 is 0.926 bits per heavy atom. The van der Waals surface area contributed by atoms with E-state index in [4.69, 9.17) is 4.74 Å². The van der Waals surface area contributed by atoms with Gasteiger partial charge in [-0.3, -0.25) is 19.2 Å². The van der Waals surface area contributed by atoms with E-state index in [1.54, 1.807) is 26.0 Å². The largest absolute Gasteiger partial charge is 0.457 e. The number of hydrogen-bond acceptors (Lipinski definition) is 5. The van der Waals surface area contributed by atoms with Crippen LogP contribution in [0.4, 0.5) is 0 Å². The number of ether oxygens (including phenoxy) is 1. The van der Waals surface area contributed by atoms with Crippen LogP contribution in [0.3, 0.4) is 0 Å². The number of nitrogens with one attached hydrogen (secondary N) is 1. The fourth-order valence-electron chi connectivity index (χ4n) is 2.95. The number of Topliss-reactive ketones (excluding diaryl/α,β-unsaturated/α-hetero) is 3. The van der Waals surface area contributed by atoms with E-state index in [2.05, 4.69) is 4.98 Å². The molecule has 0 fully saturated rings. The van der Waals surface area contributed by atoms with Gasteiger partial charge in [-0.15, -0.1) is 0 Å². The normalized spacial score (nSPS) is 10.5. The first kappa shape index (κ1) is 20.3. The Labute approximate surface area is 157 Å². The van der Waals surface area contributed by atoms with Gasteiger partial charge in [0.05, 0.1) is 12.1 Å². The van der Waals surface area contributed by atoms with Crippen molar-refractivity contribution >= 4 is 23.3 Å². The predicted octanol–water partition coefficient (Wildman–Crippen LogP) is 3.53. The third-order valence-electron chi connectivity index (χ3n) is 4.36. The van der Waals surface area contributed by atoms with Gasteiger partial charge in [-0.25, -0.2) is 0 Å². The molecule has 2 aromatic rings. The predicted molar refractivity (Wildman–Crippen MR) is 100 cm³/mol. The second-order valence-corrected chi connectivity index (χ2v) is 6.55. The van der Waals surface area contributed by atoms with Crippen LogP contribution in [0.25, 0.3) is 0 Å². The number of hydrogen-bond donors (Lipinski definition) is 1. The minimum atomic E-state index is -0.614. The summed E-state index contributed by atoms with van der Waals surface area (Å²) in [5, 5.41) is 0. The molecule has 1 N–H and O–H groups in total. The number of ketones is 3. The zero-order valence-corrected chi connectivity index (χ0v) is 16.0. The molecule has 142 valence electrons. The number of aryl methyl sites for hydroxylation is 2. The summed E-state index contributed by atoms with van der Waals surface area (Å²) >= 11 is 0. The van der Waals surface area contributed by atoms with Gasteiger partial charge in [0.2, 0.25) is 5.78 Å². The molecule has 27 heavy (non-hydrogen) atoms. The van der Waals surface area contributed by atoms with E-state index in [-0.39, 0.29) is 30.1 Å². The molecule has 1 aromatic heterocycles. The first-order valence-electron chi connectivity index (χ1n) is 8.69. The van der Waals surface area contributed by atoms with Crippen LogP contribution in [0.5, 0.6) is 0 Å². The molecule has 6 heteroatoms. The Hall–Kier alpha value is -3.02. The molecule has 0 aliphatic rings. The van der Waals surface area contributed by atoms with Crippen LogP contribution in [-0.4, -0.2) is 34.9 Å². The average Bonchev–Trinajstić information content (AvgIpc) is 2.92. The third-order valence-corrected chi connectivity index (χ3v) is 4.36. The molecular weight excluding hydrogens is 346 g/mol. The fraction of sp³-hybridized carbons (Fsp3) is 0.333. The van der Waals surface area contributed by atoms with E-state index in [1.807, 2.05) is 19.1 Å². The van der Waals surface area contributed by atoms with Gasteiger partial charge in [0.25, 0.3) is 0 Å². The van der Waals surface area contributed by atoms with Crippen LogP contribution in [-0.2, 0) is 9.53 Å². The van der Waals surface area contributed by atoms with Gasteiger partial charge < -0.3 is 9.72 Å². The van der Waals surface area contributed by atoms with E-state index in [0.29, 0.717) is 22.4 Å². The summed E-state index contributed by atoms with van der Waals surface area (Å²) in [6.45, 7) is 6.31. The highest BCUT2D eigenvalue weighted by Crippen LogP contribution is 2.19. The van der Waals surface area contributed by atoms with Crippen LogP contribution in [0, 0.1) is 20.8 Å². The topological polar surface area (TPSA) is 93.3 Å². The molecular formula is C21H23NO5. The molecule has 0 saturated carbocycles. The third kappa shape index (κ3) is 5.00. The molecule has 0 saturated heterocycles. The van der Waals surface area contributed by atoms with Gasteiger partial charge in [0.1, 0.15) is 0 Å². The average molecular weight is 369 g/mol. The molecule has 1 heterocycles. The summed E-state index contributed by atoms with van der Waals surface area (Å²) < 4.78 is 4.98. The lowest BCUT2D eigenvalue weighted by Gasteiger charge is -2.05. The van der Waals surface area contributed by atoms with E-state index in [0.717, 1.165) is 5.56 Å². The summed E-state index contributed by atoms with van der Waals surface area (Å²) in [6, 6.07) is 7.10. The van der Waals surface area contributed by atoms with E-state index >= 15 is 0 Å². The molecule has 0 radical (unpaired) electrons. The molecule has 0 aliphatic heterocycles. The number of carbonyl (C=O) groups is 4. The van der Waals surface area contributed by atoms with Crippen molar-refractivity contribution < 1.29 is 23.9 Å². The number of rotatable bonds is 8. The van der Waals surface area contributed by atoms with Crippen molar-refractivity contribution in [3.8, 4) is 0 Å². The Morgan fingerprint density at radius 2 is 1.56 bits per heavy atom. The van der Waals surface area contributed by atoms with Gasteiger partial charge in [0.15, 0.2) is 18.2 Å². The SMILES string of the molecule is CC(=O)c1c(C)[nH]c(C(=O)COC(=O)CCC(=O)c2ccc(C)cc2)c1C. The summed E-state index contributed by atoms with van der Waals surface area (Å²) in [5.74, 6) is -1.31. The van der Waals surface area contributed by atoms with E-state index in [9.17, 15) is 19.2 Å². The number of H-pyrrole nitrogens is 1. The van der Waals surface area contributed by atoms with Crippen molar-refractivity contribution in [3.05, 3.63) is 57.9 Å². The smallest absolute Gasteiger partial charge is 0.306 e. The molecule has 0 bridgehead atoms. The van der Waals surface area contributed by atoms with Gasteiger partial charge in [0, 0.05) is 23.2 Å². The molecule has 0 aliphatic carbocycles. The van der Waals surface area contributed by atoms with Crippen LogP contribution < -0.4 is 0 Å².